The van der Waals surface area contributed by atoms with Crippen LogP contribution in [0.3, 0.4) is 0 Å². The number of amides is 2. The van der Waals surface area contributed by atoms with Crippen LogP contribution in [0.15, 0.2) is 30.3 Å². The lowest BCUT2D eigenvalue weighted by Crippen LogP contribution is -2.47. The maximum atomic E-state index is 11.6. The van der Waals surface area contributed by atoms with E-state index in [0.717, 1.165) is 5.56 Å². The number of rotatable bonds is 8. The minimum Gasteiger partial charge on any atom is -0.480 e. The summed E-state index contributed by atoms with van der Waals surface area (Å²) in [6.07, 6.45) is 0.213. The van der Waals surface area contributed by atoms with Gasteiger partial charge in [0.05, 0.1) is 0 Å². The Morgan fingerprint density at radius 1 is 1.29 bits per heavy atom. The first-order valence-electron chi connectivity index (χ1n) is 6.69. The van der Waals surface area contributed by atoms with E-state index in [1.54, 1.807) is 19.1 Å². The zero-order valence-electron chi connectivity index (χ0n) is 11.9. The van der Waals surface area contributed by atoms with E-state index < -0.39 is 28.8 Å². The third kappa shape index (κ3) is 6.89. The number of urea groups is 1. The lowest BCUT2D eigenvalue weighted by Gasteiger charge is -2.15. The molecular formula is C14H20N2O4S. The lowest BCUT2D eigenvalue weighted by molar-refractivity contribution is -0.139. The van der Waals surface area contributed by atoms with Crippen molar-refractivity contribution in [3.8, 4) is 0 Å². The van der Waals surface area contributed by atoms with E-state index in [0.29, 0.717) is 11.5 Å². The highest BCUT2D eigenvalue weighted by Gasteiger charge is 2.20. The average molecular weight is 312 g/mol. The van der Waals surface area contributed by atoms with Gasteiger partial charge in [0, 0.05) is 35.3 Å². The third-order valence-corrected chi connectivity index (χ3v) is 4.13. The average Bonchev–Trinajstić information content (AvgIpc) is 2.47. The SMILES string of the molecule is CCS(=O)CCNC(=O)NC(Cc1ccccc1)C(=O)O. The number of aliphatic carboxylic acids is 1. The second-order valence-electron chi connectivity index (χ2n) is 4.41. The second-order valence-corrected chi connectivity index (χ2v) is 6.28. The summed E-state index contributed by atoms with van der Waals surface area (Å²) in [4.78, 5) is 22.8. The fourth-order valence-electron chi connectivity index (χ4n) is 1.68. The van der Waals surface area contributed by atoms with Gasteiger partial charge in [-0.1, -0.05) is 37.3 Å². The zero-order chi connectivity index (χ0) is 15.7. The van der Waals surface area contributed by atoms with Gasteiger partial charge in [-0.2, -0.15) is 0 Å². The summed E-state index contributed by atoms with van der Waals surface area (Å²) in [7, 11) is -0.955. The van der Waals surface area contributed by atoms with E-state index in [4.69, 9.17) is 5.11 Å². The van der Waals surface area contributed by atoms with Gasteiger partial charge >= 0.3 is 12.0 Å². The summed E-state index contributed by atoms with van der Waals surface area (Å²) in [6, 6.07) is 7.52. The van der Waals surface area contributed by atoms with Crippen LogP contribution in [0.4, 0.5) is 4.79 Å². The number of benzene rings is 1. The first-order valence-corrected chi connectivity index (χ1v) is 8.17. The molecule has 6 nitrogen and oxygen atoms in total. The highest BCUT2D eigenvalue weighted by atomic mass is 32.2. The zero-order valence-corrected chi connectivity index (χ0v) is 12.7. The monoisotopic (exact) mass is 312 g/mol. The molecule has 0 aromatic heterocycles. The van der Waals surface area contributed by atoms with Crippen molar-refractivity contribution >= 4 is 22.8 Å². The smallest absolute Gasteiger partial charge is 0.326 e. The van der Waals surface area contributed by atoms with Crippen LogP contribution in [0, 0.1) is 0 Å². The number of hydrogen-bond donors (Lipinski definition) is 3. The molecular weight excluding hydrogens is 292 g/mol. The Hall–Kier alpha value is -1.89. The summed E-state index contributed by atoms with van der Waals surface area (Å²) >= 11 is 0. The molecule has 2 unspecified atom stereocenters. The van der Waals surface area contributed by atoms with Crippen molar-refractivity contribution in [3.05, 3.63) is 35.9 Å². The molecule has 0 bridgehead atoms. The fourth-order valence-corrected chi connectivity index (χ4v) is 2.30. The summed E-state index contributed by atoms with van der Waals surface area (Å²) < 4.78 is 11.2. The molecule has 116 valence electrons. The molecule has 1 aromatic rings. The molecule has 0 saturated heterocycles. The van der Waals surface area contributed by atoms with Gasteiger partial charge in [0.2, 0.25) is 0 Å². The van der Waals surface area contributed by atoms with Gasteiger partial charge in [-0.3, -0.25) is 4.21 Å². The van der Waals surface area contributed by atoms with E-state index in [2.05, 4.69) is 10.6 Å². The van der Waals surface area contributed by atoms with E-state index in [1.807, 2.05) is 18.2 Å². The Balaban J connectivity index is 2.45. The molecule has 0 aliphatic carbocycles. The van der Waals surface area contributed by atoms with Gasteiger partial charge in [0.15, 0.2) is 0 Å². The van der Waals surface area contributed by atoms with Crippen LogP contribution in [0.2, 0.25) is 0 Å². The maximum absolute atomic E-state index is 11.6. The minimum atomic E-state index is -1.09. The Labute approximate surface area is 126 Å². The van der Waals surface area contributed by atoms with Crippen molar-refractivity contribution in [2.24, 2.45) is 0 Å². The van der Waals surface area contributed by atoms with Crippen LogP contribution < -0.4 is 10.6 Å². The van der Waals surface area contributed by atoms with Gasteiger partial charge in [-0.25, -0.2) is 9.59 Å². The molecule has 0 fully saturated rings. The van der Waals surface area contributed by atoms with E-state index in [1.165, 1.54) is 0 Å². The number of hydrogen-bond acceptors (Lipinski definition) is 3. The normalized spacial score (nSPS) is 13.2. The standard InChI is InChI=1S/C14H20N2O4S/c1-2-21(20)9-8-15-14(19)16-12(13(17)18)10-11-6-4-3-5-7-11/h3-7,12H,2,8-10H2,1H3,(H,17,18)(H2,15,16,19). The summed E-state index contributed by atoms with van der Waals surface area (Å²) in [6.45, 7) is 2.06. The second kappa shape index (κ2) is 9.12. The predicted molar refractivity (Wildman–Crippen MR) is 81.7 cm³/mol. The molecule has 0 spiro atoms. The van der Waals surface area contributed by atoms with Gasteiger partial charge in [0.25, 0.3) is 0 Å². The predicted octanol–water partition coefficient (Wildman–Crippen LogP) is 0.750. The van der Waals surface area contributed by atoms with Crippen molar-refractivity contribution < 1.29 is 18.9 Å². The number of carboxylic acid groups (broad SMARTS) is 1. The lowest BCUT2D eigenvalue weighted by atomic mass is 10.1. The highest BCUT2D eigenvalue weighted by molar-refractivity contribution is 7.84. The minimum absolute atomic E-state index is 0.213. The van der Waals surface area contributed by atoms with E-state index >= 15 is 0 Å². The molecule has 3 N–H and O–H groups in total. The Bertz CT molecular complexity index is 493. The molecule has 0 heterocycles. The van der Waals surface area contributed by atoms with Crippen molar-refractivity contribution in [1.82, 2.24) is 10.6 Å². The molecule has 1 aromatic carbocycles. The first-order chi connectivity index (χ1) is 10.0. The van der Waals surface area contributed by atoms with Crippen molar-refractivity contribution in [1.29, 1.82) is 0 Å². The fraction of sp³-hybridized carbons (Fsp3) is 0.429. The van der Waals surface area contributed by atoms with Gasteiger partial charge in [0.1, 0.15) is 6.04 Å². The van der Waals surface area contributed by atoms with Crippen LogP contribution in [-0.2, 0) is 22.0 Å². The molecule has 7 heteroatoms. The quantitative estimate of drug-likeness (QED) is 0.660. The number of nitrogens with one attached hydrogen (secondary N) is 2. The van der Waals surface area contributed by atoms with Crippen LogP contribution in [0.25, 0.3) is 0 Å². The number of carbonyl (C=O) groups is 2. The third-order valence-electron chi connectivity index (χ3n) is 2.82. The van der Waals surface area contributed by atoms with Crippen molar-refractivity contribution in [3.63, 3.8) is 0 Å². The van der Waals surface area contributed by atoms with Crippen LogP contribution in [-0.4, -0.2) is 45.4 Å². The summed E-state index contributed by atoms with van der Waals surface area (Å²) in [5.74, 6) is -0.193. The maximum Gasteiger partial charge on any atom is 0.326 e. The molecule has 0 saturated carbocycles. The first kappa shape index (κ1) is 17.2. The van der Waals surface area contributed by atoms with E-state index in [9.17, 15) is 13.8 Å². The molecule has 0 aliphatic rings. The highest BCUT2D eigenvalue weighted by Crippen LogP contribution is 2.03. The van der Waals surface area contributed by atoms with Crippen LogP contribution >= 0.6 is 0 Å². The van der Waals surface area contributed by atoms with Crippen LogP contribution in [0.5, 0.6) is 0 Å². The number of carboxylic acids is 1. The largest absolute Gasteiger partial charge is 0.480 e. The number of carbonyl (C=O) groups excluding carboxylic acids is 1. The molecule has 2 atom stereocenters. The Morgan fingerprint density at radius 3 is 2.52 bits per heavy atom. The van der Waals surface area contributed by atoms with Gasteiger partial charge in [-0.05, 0) is 5.56 Å². The summed E-state index contributed by atoms with van der Waals surface area (Å²) in [5.41, 5.74) is 0.831. The van der Waals surface area contributed by atoms with E-state index in [-0.39, 0.29) is 13.0 Å². The molecule has 21 heavy (non-hydrogen) atoms. The Morgan fingerprint density at radius 2 is 1.95 bits per heavy atom. The Kier molecular flexibility index (Phi) is 7.45. The molecule has 2 amide bonds. The van der Waals surface area contributed by atoms with Gasteiger partial charge in [-0.15, -0.1) is 0 Å². The molecule has 0 radical (unpaired) electrons. The van der Waals surface area contributed by atoms with Gasteiger partial charge < -0.3 is 15.7 Å². The van der Waals surface area contributed by atoms with Crippen molar-refractivity contribution in [2.45, 2.75) is 19.4 Å². The molecule has 1 rings (SSSR count). The molecule has 0 aliphatic heterocycles. The van der Waals surface area contributed by atoms with Crippen molar-refractivity contribution in [2.75, 3.05) is 18.1 Å². The topological polar surface area (TPSA) is 95.5 Å². The summed E-state index contributed by atoms with van der Waals surface area (Å²) in [5, 5.41) is 14.1. The van der Waals surface area contributed by atoms with Crippen LogP contribution in [0.1, 0.15) is 12.5 Å².